The predicted octanol–water partition coefficient (Wildman–Crippen LogP) is 1.77. The summed E-state index contributed by atoms with van der Waals surface area (Å²) in [6.45, 7) is 1.29. The van der Waals surface area contributed by atoms with Gasteiger partial charge in [-0.25, -0.2) is 4.79 Å². The number of phenolic OH excluding ortho intramolecular Hbond substituents is 1. The molecule has 0 unspecified atom stereocenters. The van der Waals surface area contributed by atoms with Crippen molar-refractivity contribution in [3.05, 3.63) is 35.4 Å². The minimum Gasteiger partial charge on any atom is -0.508 e. The second-order valence-corrected chi connectivity index (χ2v) is 2.83. The van der Waals surface area contributed by atoms with Crippen LogP contribution in [0.3, 0.4) is 0 Å². The minimum absolute atomic E-state index is 0.0211. The Morgan fingerprint density at radius 3 is 2.43 bits per heavy atom. The fraction of sp³-hybridized carbons (Fsp3) is 0.100. The largest absolute Gasteiger partial charge is 0.508 e. The highest BCUT2D eigenvalue weighted by molar-refractivity contribution is 5.93. The van der Waals surface area contributed by atoms with Crippen LogP contribution in [0.4, 0.5) is 0 Å². The van der Waals surface area contributed by atoms with Crippen LogP contribution in [0.15, 0.2) is 29.8 Å². The van der Waals surface area contributed by atoms with Gasteiger partial charge in [0, 0.05) is 5.56 Å². The van der Waals surface area contributed by atoms with E-state index in [0.717, 1.165) is 0 Å². The maximum Gasteiger partial charge on any atom is 0.335 e. The molecule has 14 heavy (non-hydrogen) atoms. The number of phenols is 1. The van der Waals surface area contributed by atoms with E-state index >= 15 is 0 Å². The average Bonchev–Trinajstić information content (AvgIpc) is 2.15. The van der Waals surface area contributed by atoms with E-state index in [1.54, 1.807) is 0 Å². The minimum atomic E-state index is -1.19. The standard InChI is InChI=1S/C10H10O4/c1-6(10(13)14)9(12)7-3-2-4-8(11)5-7/h2-5,11-12H,1H3,(H,13,14). The summed E-state index contributed by atoms with van der Waals surface area (Å²) in [5.41, 5.74) is 0.125. The lowest BCUT2D eigenvalue weighted by atomic mass is 10.1. The van der Waals surface area contributed by atoms with Crippen molar-refractivity contribution in [1.29, 1.82) is 0 Å². The summed E-state index contributed by atoms with van der Waals surface area (Å²) in [5, 5.41) is 27.2. The zero-order valence-electron chi connectivity index (χ0n) is 7.56. The second-order valence-electron chi connectivity index (χ2n) is 2.83. The molecule has 3 N–H and O–H groups in total. The van der Waals surface area contributed by atoms with Crippen molar-refractivity contribution < 1.29 is 20.1 Å². The van der Waals surface area contributed by atoms with Gasteiger partial charge in [-0.1, -0.05) is 12.1 Å². The van der Waals surface area contributed by atoms with Crippen LogP contribution in [0.1, 0.15) is 12.5 Å². The lowest BCUT2D eigenvalue weighted by molar-refractivity contribution is -0.132. The normalized spacial score (nSPS) is 12.1. The molecule has 0 aliphatic carbocycles. The van der Waals surface area contributed by atoms with Gasteiger partial charge < -0.3 is 15.3 Å². The van der Waals surface area contributed by atoms with Gasteiger partial charge in [0.1, 0.15) is 11.5 Å². The molecule has 4 heteroatoms. The Morgan fingerprint density at radius 1 is 1.29 bits per heavy atom. The molecular formula is C10H10O4. The van der Waals surface area contributed by atoms with Gasteiger partial charge in [0.05, 0.1) is 5.57 Å². The Balaban J connectivity index is 3.18. The Kier molecular flexibility index (Phi) is 2.76. The van der Waals surface area contributed by atoms with Crippen molar-refractivity contribution in [3.63, 3.8) is 0 Å². The SMILES string of the molecule is CC(C(=O)O)=C(O)c1cccc(O)c1. The molecule has 4 nitrogen and oxygen atoms in total. The Morgan fingerprint density at radius 2 is 1.93 bits per heavy atom. The second kappa shape index (κ2) is 3.83. The molecule has 0 aliphatic heterocycles. The van der Waals surface area contributed by atoms with E-state index in [0.29, 0.717) is 0 Å². The van der Waals surface area contributed by atoms with Gasteiger partial charge in [-0.2, -0.15) is 0 Å². The first-order valence-corrected chi connectivity index (χ1v) is 3.95. The van der Waals surface area contributed by atoms with Crippen LogP contribution in [-0.4, -0.2) is 21.3 Å². The van der Waals surface area contributed by atoms with Crippen LogP contribution in [0.2, 0.25) is 0 Å². The van der Waals surface area contributed by atoms with Crippen molar-refractivity contribution >= 4 is 11.7 Å². The zero-order chi connectivity index (χ0) is 10.7. The monoisotopic (exact) mass is 194 g/mol. The number of aliphatic hydroxyl groups excluding tert-OH is 1. The van der Waals surface area contributed by atoms with E-state index in [1.807, 2.05) is 0 Å². The van der Waals surface area contributed by atoms with E-state index in [2.05, 4.69) is 0 Å². The van der Waals surface area contributed by atoms with Gasteiger partial charge in [0.25, 0.3) is 0 Å². The molecule has 0 saturated carbocycles. The van der Waals surface area contributed by atoms with Gasteiger partial charge in [0.15, 0.2) is 0 Å². The van der Waals surface area contributed by atoms with Gasteiger partial charge in [0.2, 0.25) is 0 Å². The first-order valence-electron chi connectivity index (χ1n) is 3.95. The highest BCUT2D eigenvalue weighted by Gasteiger charge is 2.10. The summed E-state index contributed by atoms with van der Waals surface area (Å²) in [6, 6.07) is 5.77. The van der Waals surface area contributed by atoms with Gasteiger partial charge in [-0.15, -0.1) is 0 Å². The fourth-order valence-electron chi connectivity index (χ4n) is 0.971. The number of carbonyl (C=O) groups is 1. The van der Waals surface area contributed by atoms with E-state index in [4.69, 9.17) is 10.2 Å². The molecule has 1 aromatic rings. The van der Waals surface area contributed by atoms with E-state index in [1.165, 1.54) is 31.2 Å². The quantitative estimate of drug-likeness (QED) is 0.495. The van der Waals surface area contributed by atoms with E-state index in [9.17, 15) is 9.90 Å². The molecule has 0 fully saturated rings. The van der Waals surface area contributed by atoms with Crippen molar-refractivity contribution in [1.82, 2.24) is 0 Å². The first kappa shape index (κ1) is 10.1. The summed E-state index contributed by atoms with van der Waals surface area (Å²) >= 11 is 0. The number of benzene rings is 1. The molecular weight excluding hydrogens is 184 g/mol. The fourth-order valence-corrected chi connectivity index (χ4v) is 0.971. The zero-order valence-corrected chi connectivity index (χ0v) is 7.56. The maximum atomic E-state index is 10.5. The van der Waals surface area contributed by atoms with E-state index < -0.39 is 5.97 Å². The third-order valence-electron chi connectivity index (χ3n) is 1.80. The number of carboxylic acids is 1. The third-order valence-corrected chi connectivity index (χ3v) is 1.80. The summed E-state index contributed by atoms with van der Waals surface area (Å²) < 4.78 is 0. The molecule has 0 radical (unpaired) electrons. The number of carboxylic acid groups (broad SMARTS) is 1. The molecule has 0 spiro atoms. The smallest absolute Gasteiger partial charge is 0.335 e. The molecule has 0 bridgehead atoms. The number of hydrogen-bond acceptors (Lipinski definition) is 3. The molecule has 0 saturated heterocycles. The van der Waals surface area contributed by atoms with Gasteiger partial charge in [-0.3, -0.25) is 0 Å². The van der Waals surface area contributed by atoms with Gasteiger partial charge in [-0.05, 0) is 19.1 Å². The number of aliphatic hydroxyl groups is 1. The summed E-state index contributed by atoms with van der Waals surface area (Å²) in [6.07, 6.45) is 0. The highest BCUT2D eigenvalue weighted by Crippen LogP contribution is 2.19. The first-order chi connectivity index (χ1) is 6.52. The topological polar surface area (TPSA) is 77.8 Å². The molecule has 1 rings (SSSR count). The summed E-state index contributed by atoms with van der Waals surface area (Å²) in [7, 11) is 0. The van der Waals surface area contributed by atoms with Crippen LogP contribution in [0.5, 0.6) is 5.75 Å². The number of hydrogen-bond donors (Lipinski definition) is 3. The number of aliphatic carboxylic acids is 1. The van der Waals surface area contributed by atoms with Crippen LogP contribution >= 0.6 is 0 Å². The molecule has 0 atom stereocenters. The summed E-state index contributed by atoms with van der Waals surface area (Å²) in [5.74, 6) is -1.55. The molecule has 0 amide bonds. The molecule has 74 valence electrons. The molecule has 1 aromatic carbocycles. The third kappa shape index (κ3) is 2.04. The molecule has 0 aromatic heterocycles. The van der Waals surface area contributed by atoms with Crippen molar-refractivity contribution in [2.45, 2.75) is 6.92 Å². The Hall–Kier alpha value is -1.97. The van der Waals surface area contributed by atoms with Crippen LogP contribution in [-0.2, 0) is 4.79 Å². The van der Waals surface area contributed by atoms with Gasteiger partial charge >= 0.3 is 5.97 Å². The number of aromatic hydroxyl groups is 1. The van der Waals surface area contributed by atoms with Crippen molar-refractivity contribution in [3.8, 4) is 5.75 Å². The van der Waals surface area contributed by atoms with Crippen molar-refractivity contribution in [2.75, 3.05) is 0 Å². The average molecular weight is 194 g/mol. The lowest BCUT2D eigenvalue weighted by Gasteiger charge is -2.03. The summed E-state index contributed by atoms with van der Waals surface area (Å²) in [4.78, 5) is 10.5. The Labute approximate surface area is 80.7 Å². The predicted molar refractivity (Wildman–Crippen MR) is 51.0 cm³/mol. The lowest BCUT2D eigenvalue weighted by Crippen LogP contribution is -2.00. The highest BCUT2D eigenvalue weighted by atomic mass is 16.4. The van der Waals surface area contributed by atoms with E-state index in [-0.39, 0.29) is 22.6 Å². The Bertz CT molecular complexity index is 393. The maximum absolute atomic E-state index is 10.5. The van der Waals surface area contributed by atoms with Crippen molar-refractivity contribution in [2.24, 2.45) is 0 Å². The van der Waals surface area contributed by atoms with Crippen LogP contribution < -0.4 is 0 Å². The van der Waals surface area contributed by atoms with Crippen LogP contribution in [0, 0.1) is 0 Å². The van der Waals surface area contributed by atoms with Crippen LogP contribution in [0.25, 0.3) is 5.76 Å². The molecule has 0 aliphatic rings. The molecule has 0 heterocycles. The number of rotatable bonds is 2.